The normalized spacial score (nSPS) is 28.3. The number of aliphatic hydroxyl groups is 1. The summed E-state index contributed by atoms with van der Waals surface area (Å²) in [6.45, 7) is 5.04. The summed E-state index contributed by atoms with van der Waals surface area (Å²) >= 11 is 6.35. The molecule has 1 saturated carbocycles. The van der Waals surface area contributed by atoms with Crippen molar-refractivity contribution >= 4 is 33.2 Å². The Labute approximate surface area is 288 Å². The minimum atomic E-state index is -4.02. The van der Waals surface area contributed by atoms with Crippen molar-refractivity contribution in [3.63, 3.8) is 0 Å². The summed E-state index contributed by atoms with van der Waals surface area (Å²) in [4.78, 5) is 20.1. The summed E-state index contributed by atoms with van der Waals surface area (Å²) in [5, 5.41) is 12.4. The van der Waals surface area contributed by atoms with Crippen LogP contribution in [0, 0.1) is 17.8 Å². The summed E-state index contributed by atoms with van der Waals surface area (Å²) in [6.07, 6.45) is 10.0. The molecule has 1 fully saturated rings. The molecule has 1 amide bonds. The van der Waals surface area contributed by atoms with Crippen LogP contribution in [0.25, 0.3) is 0 Å². The van der Waals surface area contributed by atoms with Crippen LogP contribution >= 0.6 is 11.6 Å². The molecular weight excluding hydrogens is 650 g/mol. The second-order valence-corrected chi connectivity index (χ2v) is 15.9. The number of nitrogens with one attached hydrogen (secondary N) is 1. The van der Waals surface area contributed by atoms with Crippen molar-refractivity contribution < 1.29 is 27.8 Å². The van der Waals surface area contributed by atoms with E-state index < -0.39 is 26.8 Å². The first-order valence-electron chi connectivity index (χ1n) is 16.7. The molecule has 9 nitrogen and oxygen atoms in total. The molecule has 0 saturated heterocycles. The van der Waals surface area contributed by atoms with E-state index in [1.807, 2.05) is 37.3 Å². The number of ether oxygens (including phenoxy) is 2. The van der Waals surface area contributed by atoms with Gasteiger partial charge in [-0.15, -0.1) is 0 Å². The van der Waals surface area contributed by atoms with E-state index in [0.29, 0.717) is 48.3 Å². The number of allylic oxidation sites excluding steroid dienone is 1. The number of amides is 1. The highest BCUT2D eigenvalue weighted by Crippen LogP contribution is 2.50. The number of benzene rings is 2. The number of hydrogen-bond acceptors (Lipinski definition) is 8. The Bertz CT molecular complexity index is 1800. The van der Waals surface area contributed by atoms with E-state index in [1.165, 1.54) is 0 Å². The van der Waals surface area contributed by atoms with Crippen LogP contribution in [0.1, 0.15) is 73.0 Å². The SMILES string of the molecule is COc1ncccc1[C@]1(O)/C=C/C[C@H](C)[C@@H](C)S(=O)(=O)NC(=O)c2ccc3c(c2)N(CCCCc2cc(Cl)ccc2CO3)C[C@@H]2CC[C@H]21. The number of fused-ring (bicyclic) bond motifs is 3. The van der Waals surface area contributed by atoms with Gasteiger partial charge < -0.3 is 19.5 Å². The van der Waals surface area contributed by atoms with E-state index in [2.05, 4.69) is 14.6 Å². The maximum absolute atomic E-state index is 13.5. The van der Waals surface area contributed by atoms with Crippen LogP contribution in [0.15, 0.2) is 66.9 Å². The summed E-state index contributed by atoms with van der Waals surface area (Å²) in [5.41, 5.74) is 2.34. The van der Waals surface area contributed by atoms with Crippen molar-refractivity contribution in [1.29, 1.82) is 0 Å². The molecule has 2 aromatic carbocycles. The average Bonchev–Trinajstić information content (AvgIpc) is 3.08. The lowest BCUT2D eigenvalue weighted by molar-refractivity contribution is -0.0514. The van der Waals surface area contributed by atoms with Crippen LogP contribution < -0.4 is 19.1 Å². The van der Waals surface area contributed by atoms with Crippen molar-refractivity contribution in [2.45, 2.75) is 69.8 Å². The van der Waals surface area contributed by atoms with Gasteiger partial charge >= 0.3 is 0 Å². The molecule has 2 N–H and O–H groups in total. The molecule has 0 spiro atoms. The van der Waals surface area contributed by atoms with Gasteiger partial charge in [0.25, 0.3) is 5.91 Å². The zero-order chi connectivity index (χ0) is 34.1. The van der Waals surface area contributed by atoms with E-state index in [9.17, 15) is 18.3 Å². The van der Waals surface area contributed by atoms with Gasteiger partial charge in [0.05, 0.1) is 18.0 Å². The Morgan fingerprint density at radius 3 is 2.71 bits per heavy atom. The fourth-order valence-corrected chi connectivity index (χ4v) is 8.72. The van der Waals surface area contributed by atoms with Gasteiger partial charge in [-0.2, -0.15) is 0 Å². The van der Waals surface area contributed by atoms with E-state index >= 15 is 0 Å². The third kappa shape index (κ3) is 6.93. The number of rotatable bonds is 2. The molecule has 3 aliphatic rings. The van der Waals surface area contributed by atoms with Gasteiger partial charge in [-0.1, -0.05) is 36.7 Å². The van der Waals surface area contributed by atoms with Crippen molar-refractivity contribution in [1.82, 2.24) is 9.71 Å². The Hall–Kier alpha value is -3.60. The van der Waals surface area contributed by atoms with Crippen LogP contribution in [0.2, 0.25) is 5.02 Å². The molecule has 256 valence electrons. The minimum absolute atomic E-state index is 0.0978. The summed E-state index contributed by atoms with van der Waals surface area (Å²) in [5.74, 6) is -0.119. The lowest BCUT2D eigenvalue weighted by Crippen LogP contribution is -2.48. The van der Waals surface area contributed by atoms with Crippen LogP contribution in [-0.4, -0.2) is 49.9 Å². The predicted octanol–water partition coefficient (Wildman–Crippen LogP) is 6.42. The fourth-order valence-electron chi connectivity index (χ4n) is 7.24. The number of carbonyl (C=O) groups is 1. The molecule has 3 aromatic rings. The second-order valence-electron chi connectivity index (χ2n) is 13.4. The zero-order valence-electron chi connectivity index (χ0n) is 27.7. The van der Waals surface area contributed by atoms with E-state index in [0.717, 1.165) is 48.9 Å². The fraction of sp³-hybridized carbons (Fsp3) is 0.459. The first-order chi connectivity index (χ1) is 23.0. The Balaban J connectivity index is 1.45. The highest BCUT2D eigenvalue weighted by atomic mass is 35.5. The molecule has 11 heteroatoms. The van der Waals surface area contributed by atoms with Gasteiger partial charge in [0, 0.05) is 41.4 Å². The average molecular weight is 694 g/mol. The second kappa shape index (κ2) is 14.1. The molecule has 0 unspecified atom stereocenters. The topological polar surface area (TPSA) is 118 Å². The van der Waals surface area contributed by atoms with Crippen molar-refractivity contribution in [2.75, 3.05) is 25.1 Å². The molecule has 2 bridgehead atoms. The molecule has 3 heterocycles. The van der Waals surface area contributed by atoms with Crippen LogP contribution in [0.5, 0.6) is 11.6 Å². The van der Waals surface area contributed by atoms with Gasteiger partial charge in [-0.05, 0) is 111 Å². The third-order valence-corrected chi connectivity index (χ3v) is 12.6. The van der Waals surface area contributed by atoms with Crippen LogP contribution in [-0.2, 0) is 28.7 Å². The Kier molecular flexibility index (Phi) is 10.1. The molecule has 1 aliphatic carbocycles. The number of methoxy groups -OCH3 is 1. The monoisotopic (exact) mass is 693 g/mol. The van der Waals surface area contributed by atoms with Crippen LogP contribution in [0.3, 0.4) is 0 Å². The molecule has 1 aromatic heterocycles. The maximum Gasteiger partial charge on any atom is 0.264 e. The molecule has 48 heavy (non-hydrogen) atoms. The van der Waals surface area contributed by atoms with Crippen LogP contribution in [0.4, 0.5) is 5.69 Å². The quantitative estimate of drug-likeness (QED) is 0.295. The number of anilines is 1. The first kappa shape index (κ1) is 34.3. The Morgan fingerprint density at radius 2 is 1.94 bits per heavy atom. The van der Waals surface area contributed by atoms with Gasteiger partial charge in [0.15, 0.2) is 0 Å². The summed E-state index contributed by atoms with van der Waals surface area (Å²) in [6, 6.07) is 14.6. The van der Waals surface area contributed by atoms with Crippen molar-refractivity contribution in [3.8, 4) is 11.6 Å². The summed E-state index contributed by atoms with van der Waals surface area (Å²) < 4.78 is 41.3. The number of pyridine rings is 1. The lowest BCUT2D eigenvalue weighted by Gasteiger charge is -2.48. The van der Waals surface area contributed by atoms with Gasteiger partial charge in [-0.3, -0.25) is 4.79 Å². The number of aryl methyl sites for hydroxylation is 1. The number of nitrogens with zero attached hydrogens (tertiary/aromatic N) is 2. The van der Waals surface area contributed by atoms with Gasteiger partial charge in [-0.25, -0.2) is 18.1 Å². The molecular formula is C37H44ClN3O6S. The largest absolute Gasteiger partial charge is 0.487 e. The third-order valence-electron chi connectivity index (χ3n) is 10.5. The van der Waals surface area contributed by atoms with E-state index in [4.69, 9.17) is 21.1 Å². The number of halogens is 1. The number of sulfonamides is 1. The van der Waals surface area contributed by atoms with Crippen molar-refractivity contribution in [3.05, 3.63) is 94.2 Å². The number of aromatic nitrogens is 1. The molecule has 0 radical (unpaired) electrons. The zero-order valence-corrected chi connectivity index (χ0v) is 29.3. The lowest BCUT2D eigenvalue weighted by atomic mass is 9.62. The van der Waals surface area contributed by atoms with E-state index in [-0.39, 0.29) is 23.3 Å². The number of hydrogen-bond donors (Lipinski definition) is 2. The maximum atomic E-state index is 13.5. The van der Waals surface area contributed by atoms with Crippen molar-refractivity contribution in [2.24, 2.45) is 17.8 Å². The van der Waals surface area contributed by atoms with E-state index in [1.54, 1.807) is 50.6 Å². The molecule has 6 rings (SSSR count). The molecule has 5 atom stereocenters. The number of carbonyl (C=O) groups excluding carboxylic acids is 1. The first-order valence-corrected chi connectivity index (χ1v) is 18.7. The highest BCUT2D eigenvalue weighted by Gasteiger charge is 2.48. The smallest absolute Gasteiger partial charge is 0.264 e. The standard InChI is InChI=1S/C37H44ClN3O6S/c1-24-8-6-17-37(43,32-10-7-18-39-36(32)46-3)31-15-12-28(31)22-41-19-5-4-9-26-20-30(38)14-11-29(26)23-47-34-16-13-27(21-33(34)41)35(42)40-48(44,45)25(24)2/h6-7,10-11,13-14,16-18,20-21,24-25,28,31,43H,4-5,8-9,12,15,19,22-23H2,1-3H3,(H,40,42)/b17-6+/t24-,25+,28-,31+,37-/m0/s1. The highest BCUT2D eigenvalue weighted by molar-refractivity contribution is 7.90. The predicted molar refractivity (Wildman–Crippen MR) is 187 cm³/mol. The molecule has 2 aliphatic heterocycles. The minimum Gasteiger partial charge on any atom is -0.487 e. The van der Waals surface area contributed by atoms with Gasteiger partial charge in [0.2, 0.25) is 15.9 Å². The Morgan fingerprint density at radius 1 is 1.10 bits per heavy atom. The summed E-state index contributed by atoms with van der Waals surface area (Å²) in [7, 11) is -2.47. The van der Waals surface area contributed by atoms with Gasteiger partial charge in [0.1, 0.15) is 18.0 Å².